The van der Waals surface area contributed by atoms with E-state index in [0.717, 1.165) is 27.5 Å². The number of hydrogen-bond acceptors (Lipinski definition) is 4. The summed E-state index contributed by atoms with van der Waals surface area (Å²) < 4.78 is 3.19. The highest BCUT2D eigenvalue weighted by Crippen LogP contribution is 2.30. The normalized spacial score (nSPS) is 12.3. The minimum Gasteiger partial charge on any atom is -0.378 e. The van der Waals surface area contributed by atoms with Crippen molar-refractivity contribution in [2.45, 2.75) is 25.9 Å². The van der Waals surface area contributed by atoms with E-state index >= 15 is 0 Å². The number of rotatable bonds is 6. The van der Waals surface area contributed by atoms with E-state index in [1.165, 1.54) is 4.68 Å². The van der Waals surface area contributed by atoms with Crippen molar-refractivity contribution >= 4 is 33.4 Å². The average molecular weight is 418 g/mol. The van der Waals surface area contributed by atoms with Crippen LogP contribution in [0.3, 0.4) is 0 Å². The van der Waals surface area contributed by atoms with Crippen molar-refractivity contribution in [1.29, 1.82) is 0 Å². The molecule has 0 aliphatic rings. The lowest BCUT2D eigenvalue weighted by atomic mass is 10.1. The molecule has 1 amide bonds. The number of benzene rings is 2. The molecule has 2 aromatic carbocycles. The number of carbonyl (C=O) groups excluding carboxylic acids is 1. The first-order chi connectivity index (χ1) is 14.9. The maximum Gasteiger partial charge on any atom is 0.291 e. The summed E-state index contributed by atoms with van der Waals surface area (Å²) in [5, 5.41) is 8.93. The van der Waals surface area contributed by atoms with Crippen molar-refractivity contribution in [2.24, 2.45) is 7.05 Å². The molecule has 7 heteroatoms. The van der Waals surface area contributed by atoms with E-state index in [9.17, 15) is 9.59 Å². The predicted octanol–water partition coefficient (Wildman–Crippen LogP) is 3.22. The van der Waals surface area contributed by atoms with Gasteiger partial charge in [0.2, 0.25) is 5.91 Å². The van der Waals surface area contributed by atoms with Gasteiger partial charge in [0.05, 0.1) is 11.7 Å². The number of carbonyl (C=O) groups is 1. The van der Waals surface area contributed by atoms with Gasteiger partial charge in [0.25, 0.3) is 5.56 Å². The molecule has 0 bridgehead atoms. The molecule has 0 saturated heterocycles. The van der Waals surface area contributed by atoms with Crippen molar-refractivity contribution < 1.29 is 4.79 Å². The number of aromatic nitrogens is 3. The van der Waals surface area contributed by atoms with Crippen LogP contribution in [0.25, 0.3) is 21.8 Å². The average Bonchev–Trinajstić information content (AvgIpc) is 3.11. The Morgan fingerprint density at radius 3 is 2.48 bits per heavy atom. The van der Waals surface area contributed by atoms with Gasteiger partial charge in [-0.15, -0.1) is 0 Å². The monoisotopic (exact) mass is 417 g/mol. The van der Waals surface area contributed by atoms with Crippen molar-refractivity contribution in [1.82, 2.24) is 19.7 Å². The fraction of sp³-hybridized carbons (Fsp3) is 0.292. The minimum absolute atomic E-state index is 0.110. The molecule has 1 N–H and O–H groups in total. The van der Waals surface area contributed by atoms with Crippen LogP contribution in [0.2, 0.25) is 0 Å². The number of fused-ring (bicyclic) bond motifs is 3. The largest absolute Gasteiger partial charge is 0.378 e. The van der Waals surface area contributed by atoms with Gasteiger partial charge in [0.15, 0.2) is 0 Å². The SMILES string of the molecule is CC[C@@H](C(=O)NCc1ccc(N(C)C)cc1)n1c2ccccc2c2cnn(C)c(=O)c21. The second kappa shape index (κ2) is 8.26. The maximum atomic E-state index is 13.2. The molecule has 4 rings (SSSR count). The van der Waals surface area contributed by atoms with Crippen molar-refractivity contribution in [2.75, 3.05) is 19.0 Å². The Morgan fingerprint density at radius 2 is 1.81 bits per heavy atom. The number of aryl methyl sites for hydroxylation is 1. The zero-order chi connectivity index (χ0) is 22.1. The van der Waals surface area contributed by atoms with Crippen molar-refractivity contribution in [3.8, 4) is 0 Å². The highest BCUT2D eigenvalue weighted by molar-refractivity contribution is 6.08. The molecule has 0 fully saturated rings. The van der Waals surface area contributed by atoms with Gasteiger partial charge in [-0.05, 0) is 30.2 Å². The molecule has 0 unspecified atom stereocenters. The van der Waals surface area contributed by atoms with Gasteiger partial charge >= 0.3 is 0 Å². The van der Waals surface area contributed by atoms with Crippen molar-refractivity contribution in [3.63, 3.8) is 0 Å². The fourth-order valence-corrected chi connectivity index (χ4v) is 4.02. The summed E-state index contributed by atoms with van der Waals surface area (Å²) >= 11 is 0. The highest BCUT2D eigenvalue weighted by Gasteiger charge is 2.25. The third kappa shape index (κ3) is 3.67. The molecule has 0 spiro atoms. The molecule has 0 radical (unpaired) electrons. The number of para-hydroxylation sites is 1. The fourth-order valence-electron chi connectivity index (χ4n) is 4.02. The minimum atomic E-state index is -0.501. The molecule has 1 atom stereocenters. The van der Waals surface area contributed by atoms with E-state index in [-0.39, 0.29) is 11.5 Å². The zero-order valence-electron chi connectivity index (χ0n) is 18.3. The maximum absolute atomic E-state index is 13.2. The molecular formula is C24H27N5O2. The standard InChI is InChI=1S/C24H27N5O2/c1-5-20(23(30)25-14-16-10-12-17(13-11-16)27(2)3)29-21-9-7-6-8-18(21)19-15-26-28(4)24(31)22(19)29/h6-13,15,20H,5,14H2,1-4H3,(H,25,30)/t20-/m0/s1. The zero-order valence-corrected chi connectivity index (χ0v) is 18.3. The molecule has 0 aliphatic heterocycles. The lowest BCUT2D eigenvalue weighted by Gasteiger charge is -2.19. The lowest BCUT2D eigenvalue weighted by Crippen LogP contribution is -2.33. The van der Waals surface area contributed by atoms with E-state index in [1.807, 2.05) is 79.0 Å². The molecule has 160 valence electrons. The van der Waals surface area contributed by atoms with Crippen LogP contribution in [-0.4, -0.2) is 34.4 Å². The van der Waals surface area contributed by atoms with E-state index < -0.39 is 6.04 Å². The molecule has 31 heavy (non-hydrogen) atoms. The third-order valence-corrected chi connectivity index (χ3v) is 5.73. The summed E-state index contributed by atoms with van der Waals surface area (Å²) in [6.07, 6.45) is 2.26. The summed E-state index contributed by atoms with van der Waals surface area (Å²) in [5.74, 6) is -0.110. The Hall–Kier alpha value is -3.61. The van der Waals surface area contributed by atoms with Crippen molar-refractivity contribution in [3.05, 3.63) is 70.6 Å². The second-order valence-electron chi connectivity index (χ2n) is 7.93. The molecule has 0 aliphatic carbocycles. The predicted molar refractivity (Wildman–Crippen MR) is 124 cm³/mol. The van der Waals surface area contributed by atoms with E-state index in [2.05, 4.69) is 10.4 Å². The summed E-state index contributed by atoms with van der Waals surface area (Å²) in [5.41, 5.74) is 3.29. The number of hydrogen-bond donors (Lipinski definition) is 1. The van der Waals surface area contributed by atoms with E-state index in [1.54, 1.807) is 13.2 Å². The van der Waals surface area contributed by atoms with Gasteiger partial charge in [-0.25, -0.2) is 4.68 Å². The number of nitrogens with one attached hydrogen (secondary N) is 1. The summed E-state index contributed by atoms with van der Waals surface area (Å²) in [7, 11) is 5.62. The second-order valence-corrected chi connectivity index (χ2v) is 7.93. The first-order valence-electron chi connectivity index (χ1n) is 10.4. The summed E-state index contributed by atoms with van der Waals surface area (Å²) in [6.45, 7) is 2.39. The van der Waals surface area contributed by atoms with Gasteiger partial charge in [0, 0.05) is 44.1 Å². The van der Waals surface area contributed by atoms with Crippen LogP contribution in [-0.2, 0) is 18.4 Å². The van der Waals surface area contributed by atoms with Crippen LogP contribution in [0, 0.1) is 0 Å². The van der Waals surface area contributed by atoms with Crippen LogP contribution in [0.1, 0.15) is 24.9 Å². The summed E-state index contributed by atoms with van der Waals surface area (Å²) in [6, 6.07) is 15.4. The Morgan fingerprint density at radius 1 is 1.10 bits per heavy atom. The van der Waals surface area contributed by atoms with Crippen LogP contribution >= 0.6 is 0 Å². The topological polar surface area (TPSA) is 72.2 Å². The quantitative estimate of drug-likeness (QED) is 0.523. The molecule has 4 aromatic rings. The highest BCUT2D eigenvalue weighted by atomic mass is 16.2. The Kier molecular flexibility index (Phi) is 5.50. The van der Waals surface area contributed by atoms with Gasteiger partial charge in [0.1, 0.15) is 11.6 Å². The third-order valence-electron chi connectivity index (χ3n) is 5.73. The van der Waals surface area contributed by atoms with E-state index in [0.29, 0.717) is 18.5 Å². The molecule has 0 saturated carbocycles. The summed E-state index contributed by atoms with van der Waals surface area (Å²) in [4.78, 5) is 28.2. The Balaban J connectivity index is 1.70. The molecule has 7 nitrogen and oxygen atoms in total. The Bertz CT molecular complexity index is 1300. The van der Waals surface area contributed by atoms with Gasteiger partial charge in [-0.2, -0.15) is 5.10 Å². The smallest absolute Gasteiger partial charge is 0.291 e. The van der Waals surface area contributed by atoms with Crippen LogP contribution in [0.4, 0.5) is 5.69 Å². The van der Waals surface area contributed by atoms with Gasteiger partial charge < -0.3 is 14.8 Å². The first kappa shape index (κ1) is 20.7. The van der Waals surface area contributed by atoms with Crippen LogP contribution < -0.4 is 15.8 Å². The molecule has 2 aromatic heterocycles. The number of amides is 1. The number of nitrogens with zero attached hydrogens (tertiary/aromatic N) is 4. The van der Waals surface area contributed by atoms with Crippen LogP contribution in [0.5, 0.6) is 0 Å². The van der Waals surface area contributed by atoms with Gasteiger partial charge in [-0.1, -0.05) is 37.3 Å². The molecular weight excluding hydrogens is 390 g/mol. The van der Waals surface area contributed by atoms with Crippen LogP contribution in [0.15, 0.2) is 59.5 Å². The number of anilines is 1. The first-order valence-corrected chi connectivity index (χ1v) is 10.4. The molecule has 2 heterocycles. The van der Waals surface area contributed by atoms with Gasteiger partial charge in [-0.3, -0.25) is 9.59 Å². The lowest BCUT2D eigenvalue weighted by molar-refractivity contribution is -0.124. The van der Waals surface area contributed by atoms with E-state index in [4.69, 9.17) is 0 Å². The Labute approximate surface area is 180 Å².